The van der Waals surface area contributed by atoms with Gasteiger partial charge in [-0.25, -0.2) is 4.98 Å². The smallest absolute Gasteiger partial charge is 0.305 e. The van der Waals surface area contributed by atoms with Crippen LogP contribution in [0.15, 0.2) is 30.5 Å². The van der Waals surface area contributed by atoms with E-state index in [1.807, 2.05) is 31.2 Å². The lowest BCUT2D eigenvalue weighted by atomic mass is 10.2. The van der Waals surface area contributed by atoms with Gasteiger partial charge in [-0.3, -0.25) is 9.59 Å². The van der Waals surface area contributed by atoms with Crippen molar-refractivity contribution in [1.82, 2.24) is 9.88 Å². The normalized spacial score (nSPS) is 10.3. The summed E-state index contributed by atoms with van der Waals surface area (Å²) >= 11 is 1.29. The van der Waals surface area contributed by atoms with Gasteiger partial charge in [0.15, 0.2) is 0 Å². The molecule has 7 heteroatoms. The summed E-state index contributed by atoms with van der Waals surface area (Å²) in [7, 11) is 1.60. The van der Waals surface area contributed by atoms with Gasteiger partial charge in [-0.2, -0.15) is 0 Å². The van der Waals surface area contributed by atoms with Crippen LogP contribution in [-0.4, -0.2) is 47.1 Å². The highest BCUT2D eigenvalue weighted by Crippen LogP contribution is 2.27. The van der Waals surface area contributed by atoms with Crippen LogP contribution >= 0.6 is 11.3 Å². The molecule has 0 saturated heterocycles. The van der Waals surface area contributed by atoms with E-state index in [9.17, 15) is 9.59 Å². The number of benzene rings is 1. The number of aliphatic carboxylic acids is 1. The third-order valence-corrected chi connectivity index (χ3v) is 4.35. The Labute approximate surface area is 138 Å². The maximum atomic E-state index is 12.4. The second-order valence-electron chi connectivity index (χ2n) is 4.79. The predicted octanol–water partition coefficient (Wildman–Crippen LogP) is 2.76. The van der Waals surface area contributed by atoms with Crippen molar-refractivity contribution in [3.63, 3.8) is 0 Å². The number of carboxylic acids is 1. The minimum Gasteiger partial charge on any atom is -0.497 e. The number of hydrogen-bond donors (Lipinski definition) is 1. The van der Waals surface area contributed by atoms with E-state index < -0.39 is 5.97 Å². The molecule has 2 aromatic rings. The highest BCUT2D eigenvalue weighted by molar-refractivity contribution is 7.16. The third kappa shape index (κ3) is 4.29. The second kappa shape index (κ2) is 7.73. The lowest BCUT2D eigenvalue weighted by molar-refractivity contribution is -0.137. The van der Waals surface area contributed by atoms with Crippen LogP contribution in [0.2, 0.25) is 0 Å². The summed E-state index contributed by atoms with van der Waals surface area (Å²) in [4.78, 5) is 29.4. The fraction of sp³-hybridized carbons (Fsp3) is 0.312. The van der Waals surface area contributed by atoms with Crippen LogP contribution in [0.5, 0.6) is 5.75 Å². The van der Waals surface area contributed by atoms with E-state index >= 15 is 0 Å². The molecule has 1 amide bonds. The van der Waals surface area contributed by atoms with E-state index in [1.54, 1.807) is 7.11 Å². The molecular formula is C16H18N2O4S. The molecule has 1 aromatic heterocycles. The summed E-state index contributed by atoms with van der Waals surface area (Å²) in [5, 5.41) is 9.49. The number of rotatable bonds is 7. The summed E-state index contributed by atoms with van der Waals surface area (Å²) in [5.74, 6) is -0.349. The zero-order chi connectivity index (χ0) is 16.8. The van der Waals surface area contributed by atoms with Gasteiger partial charge in [0.1, 0.15) is 15.6 Å². The standard InChI is InChI=1S/C16H18N2O4S/c1-3-18(9-8-14(19)20)16(21)13-10-17-15(23-13)11-4-6-12(22-2)7-5-11/h4-7,10H,3,8-9H2,1-2H3,(H,19,20). The molecule has 0 radical (unpaired) electrons. The summed E-state index contributed by atoms with van der Waals surface area (Å²) in [6, 6.07) is 7.44. The monoisotopic (exact) mass is 334 g/mol. The Balaban J connectivity index is 2.13. The van der Waals surface area contributed by atoms with Gasteiger partial charge in [0.25, 0.3) is 5.91 Å². The van der Waals surface area contributed by atoms with Crippen molar-refractivity contribution < 1.29 is 19.4 Å². The van der Waals surface area contributed by atoms with E-state index in [1.165, 1.54) is 22.4 Å². The van der Waals surface area contributed by atoms with Crippen molar-refractivity contribution in [2.24, 2.45) is 0 Å². The fourth-order valence-corrected chi connectivity index (χ4v) is 2.92. The molecule has 0 unspecified atom stereocenters. The zero-order valence-corrected chi connectivity index (χ0v) is 13.8. The number of methoxy groups -OCH3 is 1. The quantitative estimate of drug-likeness (QED) is 0.842. The Bertz CT molecular complexity index is 682. The van der Waals surface area contributed by atoms with Gasteiger partial charge in [-0.05, 0) is 31.2 Å². The first-order chi connectivity index (χ1) is 11.0. The molecule has 1 heterocycles. The van der Waals surface area contributed by atoms with E-state index in [2.05, 4.69) is 4.98 Å². The first-order valence-corrected chi connectivity index (χ1v) is 7.98. The van der Waals surface area contributed by atoms with Crippen LogP contribution < -0.4 is 4.74 Å². The SMILES string of the molecule is CCN(CCC(=O)O)C(=O)c1cnc(-c2ccc(OC)cc2)s1. The Hall–Kier alpha value is -2.41. The maximum absolute atomic E-state index is 12.4. The summed E-state index contributed by atoms with van der Waals surface area (Å²) in [6.45, 7) is 2.48. The molecule has 122 valence electrons. The number of hydrogen-bond acceptors (Lipinski definition) is 5. The average molecular weight is 334 g/mol. The molecule has 1 aromatic carbocycles. The predicted molar refractivity (Wildman–Crippen MR) is 87.9 cm³/mol. The molecule has 0 spiro atoms. The molecule has 23 heavy (non-hydrogen) atoms. The number of carboxylic acid groups (broad SMARTS) is 1. The van der Waals surface area contributed by atoms with Gasteiger partial charge in [0, 0.05) is 18.7 Å². The van der Waals surface area contributed by atoms with E-state index in [-0.39, 0.29) is 18.9 Å². The zero-order valence-electron chi connectivity index (χ0n) is 13.0. The molecule has 0 aliphatic rings. The molecule has 6 nitrogen and oxygen atoms in total. The van der Waals surface area contributed by atoms with Crippen molar-refractivity contribution in [2.45, 2.75) is 13.3 Å². The molecule has 0 bridgehead atoms. The van der Waals surface area contributed by atoms with Crippen LogP contribution in [0.25, 0.3) is 10.6 Å². The third-order valence-electron chi connectivity index (χ3n) is 3.32. The number of carbonyl (C=O) groups excluding carboxylic acids is 1. The molecule has 0 aliphatic carbocycles. The molecule has 0 saturated carbocycles. The van der Waals surface area contributed by atoms with Gasteiger partial charge in [-0.1, -0.05) is 0 Å². The van der Waals surface area contributed by atoms with E-state index in [0.29, 0.717) is 11.4 Å². The first kappa shape index (κ1) is 17.0. The number of aromatic nitrogens is 1. The Kier molecular flexibility index (Phi) is 5.70. The average Bonchev–Trinajstić information content (AvgIpc) is 3.05. The molecule has 1 N–H and O–H groups in total. The summed E-state index contributed by atoms with van der Waals surface area (Å²) in [6.07, 6.45) is 1.47. The molecule has 0 fully saturated rings. The lowest BCUT2D eigenvalue weighted by Crippen LogP contribution is -2.32. The van der Waals surface area contributed by atoms with Crippen molar-refractivity contribution in [2.75, 3.05) is 20.2 Å². The van der Waals surface area contributed by atoms with Gasteiger partial charge >= 0.3 is 5.97 Å². The minimum atomic E-state index is -0.917. The van der Waals surface area contributed by atoms with E-state index in [0.717, 1.165) is 16.3 Å². The molecule has 0 atom stereocenters. The number of ether oxygens (including phenoxy) is 1. The highest BCUT2D eigenvalue weighted by atomic mass is 32.1. The van der Waals surface area contributed by atoms with E-state index in [4.69, 9.17) is 9.84 Å². The van der Waals surface area contributed by atoms with Gasteiger partial charge in [0.2, 0.25) is 0 Å². The van der Waals surface area contributed by atoms with Crippen molar-refractivity contribution in [1.29, 1.82) is 0 Å². The topological polar surface area (TPSA) is 79.7 Å². The van der Waals surface area contributed by atoms with Gasteiger partial charge < -0.3 is 14.7 Å². The Morgan fingerprint density at radius 3 is 2.57 bits per heavy atom. The van der Waals surface area contributed by atoms with Crippen molar-refractivity contribution in [3.05, 3.63) is 35.3 Å². The number of amides is 1. The second-order valence-corrected chi connectivity index (χ2v) is 5.82. The number of carbonyl (C=O) groups is 2. The Morgan fingerprint density at radius 1 is 1.30 bits per heavy atom. The largest absolute Gasteiger partial charge is 0.497 e. The molecule has 2 rings (SSSR count). The van der Waals surface area contributed by atoms with Crippen LogP contribution in [-0.2, 0) is 4.79 Å². The number of thiazole rings is 1. The summed E-state index contributed by atoms with van der Waals surface area (Å²) < 4.78 is 5.11. The maximum Gasteiger partial charge on any atom is 0.305 e. The lowest BCUT2D eigenvalue weighted by Gasteiger charge is -2.18. The van der Waals surface area contributed by atoms with Crippen molar-refractivity contribution >= 4 is 23.2 Å². The van der Waals surface area contributed by atoms with Crippen LogP contribution in [0.4, 0.5) is 0 Å². The van der Waals surface area contributed by atoms with Gasteiger partial charge in [-0.15, -0.1) is 11.3 Å². The van der Waals surface area contributed by atoms with Crippen LogP contribution in [0, 0.1) is 0 Å². The van der Waals surface area contributed by atoms with Crippen LogP contribution in [0.3, 0.4) is 0 Å². The fourth-order valence-electron chi connectivity index (χ4n) is 2.03. The first-order valence-electron chi connectivity index (χ1n) is 7.16. The summed E-state index contributed by atoms with van der Waals surface area (Å²) in [5.41, 5.74) is 0.906. The Morgan fingerprint density at radius 2 is 2.00 bits per heavy atom. The molecule has 0 aliphatic heterocycles. The highest BCUT2D eigenvalue weighted by Gasteiger charge is 2.18. The molecular weight excluding hydrogens is 316 g/mol. The van der Waals surface area contributed by atoms with Crippen molar-refractivity contribution in [3.8, 4) is 16.3 Å². The minimum absolute atomic E-state index is 0.0658. The number of nitrogens with zero attached hydrogens (tertiary/aromatic N) is 2. The van der Waals surface area contributed by atoms with Crippen LogP contribution in [0.1, 0.15) is 23.0 Å². The van der Waals surface area contributed by atoms with Gasteiger partial charge in [0.05, 0.1) is 19.7 Å².